The van der Waals surface area contributed by atoms with E-state index in [-0.39, 0.29) is 23.9 Å². The van der Waals surface area contributed by atoms with Crippen molar-refractivity contribution in [3.8, 4) is 11.5 Å². The van der Waals surface area contributed by atoms with Crippen molar-refractivity contribution in [2.24, 2.45) is 23.2 Å². The molecule has 4 fully saturated rings. The fourth-order valence-corrected chi connectivity index (χ4v) is 6.41. The summed E-state index contributed by atoms with van der Waals surface area (Å²) in [5, 5.41) is 0. The van der Waals surface area contributed by atoms with Crippen LogP contribution in [-0.2, 0) is 20.9 Å². The molecule has 1 aromatic carbocycles. The molecule has 0 heterocycles. The lowest BCUT2D eigenvalue weighted by Gasteiger charge is -2.55. The summed E-state index contributed by atoms with van der Waals surface area (Å²) in [6, 6.07) is 5.69. The summed E-state index contributed by atoms with van der Waals surface area (Å²) >= 11 is 0. The van der Waals surface area contributed by atoms with Gasteiger partial charge in [-0.3, -0.25) is 9.59 Å². The average Bonchev–Trinajstić information content (AvgIpc) is 2.75. The molecule has 1 aromatic rings. The van der Waals surface area contributed by atoms with E-state index < -0.39 is 0 Å². The molecule has 0 aromatic heterocycles. The highest BCUT2D eigenvalue weighted by molar-refractivity contribution is 5.83. The molecule has 0 saturated heterocycles. The number of ether oxygens (including phenoxy) is 3. The fraction of sp³-hybridized carbons (Fsp3) is 0.680. The first kappa shape index (κ1) is 22.0. The topological polar surface area (TPSA) is 65.1 Å². The Bertz CT molecular complexity index is 785. The summed E-state index contributed by atoms with van der Waals surface area (Å²) in [6.07, 6.45) is 6.70. The molecule has 6 heteroatoms. The number of benzene rings is 1. The van der Waals surface area contributed by atoms with E-state index in [0.717, 1.165) is 24.8 Å². The Morgan fingerprint density at radius 3 is 2.23 bits per heavy atom. The molecule has 0 unspecified atom stereocenters. The molecule has 0 atom stereocenters. The predicted octanol–water partition coefficient (Wildman–Crippen LogP) is 4.20. The van der Waals surface area contributed by atoms with Gasteiger partial charge in [-0.1, -0.05) is 6.07 Å². The van der Waals surface area contributed by atoms with Crippen molar-refractivity contribution < 1.29 is 23.8 Å². The molecule has 0 aliphatic heterocycles. The lowest BCUT2D eigenvalue weighted by molar-refractivity contribution is -0.174. The second-order valence-electron chi connectivity index (χ2n) is 9.60. The summed E-state index contributed by atoms with van der Waals surface area (Å²) in [6.45, 7) is 5.23. The van der Waals surface area contributed by atoms with E-state index in [2.05, 4.69) is 0 Å². The first-order valence-corrected chi connectivity index (χ1v) is 11.7. The van der Waals surface area contributed by atoms with E-state index in [9.17, 15) is 9.59 Å². The fourth-order valence-electron chi connectivity index (χ4n) is 6.41. The quantitative estimate of drug-likeness (QED) is 0.551. The second-order valence-corrected chi connectivity index (χ2v) is 9.60. The van der Waals surface area contributed by atoms with Gasteiger partial charge in [0, 0.05) is 13.1 Å². The number of hydrogen-bond donors (Lipinski definition) is 0. The molecule has 6 nitrogen and oxygen atoms in total. The molecule has 31 heavy (non-hydrogen) atoms. The Hall–Kier alpha value is -2.24. The highest BCUT2D eigenvalue weighted by atomic mass is 16.5. The Labute approximate surface area is 185 Å². The highest BCUT2D eigenvalue weighted by Crippen LogP contribution is 2.60. The van der Waals surface area contributed by atoms with Crippen LogP contribution in [0.25, 0.3) is 0 Å². The maximum atomic E-state index is 13.0. The van der Waals surface area contributed by atoms with Crippen LogP contribution in [0.15, 0.2) is 18.2 Å². The Kier molecular flexibility index (Phi) is 6.44. The third kappa shape index (κ3) is 4.53. The highest BCUT2D eigenvalue weighted by Gasteiger charge is 2.55. The molecule has 0 spiro atoms. The van der Waals surface area contributed by atoms with Crippen molar-refractivity contribution in [2.45, 2.75) is 58.9 Å². The number of esters is 1. The predicted molar refractivity (Wildman–Crippen MR) is 117 cm³/mol. The van der Waals surface area contributed by atoms with Gasteiger partial charge in [-0.15, -0.1) is 0 Å². The molecular formula is C25H35NO5. The third-order valence-electron chi connectivity index (χ3n) is 7.43. The zero-order valence-electron chi connectivity index (χ0n) is 19.0. The van der Waals surface area contributed by atoms with Crippen molar-refractivity contribution in [3.05, 3.63) is 23.8 Å². The van der Waals surface area contributed by atoms with Gasteiger partial charge >= 0.3 is 5.97 Å². The molecule has 0 N–H and O–H groups in total. The van der Waals surface area contributed by atoms with Crippen LogP contribution in [-0.4, -0.2) is 43.6 Å². The van der Waals surface area contributed by atoms with Crippen molar-refractivity contribution in [1.82, 2.24) is 4.90 Å². The largest absolute Gasteiger partial charge is 0.493 e. The number of carbonyl (C=O) groups excluding carboxylic acids is 2. The standard InChI is InChI=1S/C25H35NO5/c1-4-26(15-17-6-7-21(30-5-2)22(11-17)29-3)23(27)16-31-24(28)25-12-18-8-19(13-25)10-20(9-18)14-25/h6-7,11,18-20H,4-5,8-10,12-16H2,1-3H3. The van der Waals surface area contributed by atoms with Crippen LogP contribution >= 0.6 is 0 Å². The Balaban J connectivity index is 1.35. The van der Waals surface area contributed by atoms with Crippen molar-refractivity contribution in [3.63, 3.8) is 0 Å². The van der Waals surface area contributed by atoms with Gasteiger partial charge in [-0.25, -0.2) is 0 Å². The lowest BCUT2D eigenvalue weighted by Crippen LogP contribution is -2.51. The van der Waals surface area contributed by atoms with E-state index in [1.165, 1.54) is 19.3 Å². The van der Waals surface area contributed by atoms with Crippen molar-refractivity contribution in [1.29, 1.82) is 0 Å². The normalized spacial score (nSPS) is 28.3. The van der Waals surface area contributed by atoms with Crippen LogP contribution in [0.2, 0.25) is 0 Å². The van der Waals surface area contributed by atoms with Gasteiger partial charge in [0.1, 0.15) is 0 Å². The van der Waals surface area contributed by atoms with Gasteiger partial charge in [0.25, 0.3) is 5.91 Å². The van der Waals surface area contributed by atoms with Gasteiger partial charge in [-0.05, 0) is 87.8 Å². The molecule has 4 saturated carbocycles. The van der Waals surface area contributed by atoms with E-state index in [1.54, 1.807) is 12.0 Å². The average molecular weight is 430 g/mol. The molecule has 170 valence electrons. The maximum absolute atomic E-state index is 13.0. The van der Waals surface area contributed by atoms with Crippen molar-refractivity contribution >= 4 is 11.9 Å². The van der Waals surface area contributed by atoms with Crippen molar-refractivity contribution in [2.75, 3.05) is 26.9 Å². The first-order chi connectivity index (χ1) is 15.0. The van der Waals surface area contributed by atoms with Gasteiger partial charge in [0.2, 0.25) is 0 Å². The van der Waals surface area contributed by atoms with Crippen LogP contribution in [0.5, 0.6) is 11.5 Å². The molecule has 0 radical (unpaired) electrons. The number of carbonyl (C=O) groups is 2. The van der Waals surface area contributed by atoms with Crippen LogP contribution < -0.4 is 9.47 Å². The van der Waals surface area contributed by atoms with E-state index in [4.69, 9.17) is 14.2 Å². The third-order valence-corrected chi connectivity index (χ3v) is 7.43. The minimum absolute atomic E-state index is 0.140. The number of rotatable bonds is 9. The van der Waals surface area contributed by atoms with Gasteiger partial charge in [0.15, 0.2) is 18.1 Å². The van der Waals surface area contributed by atoms with Gasteiger partial charge in [0.05, 0.1) is 19.1 Å². The number of amides is 1. The van der Waals surface area contributed by atoms with E-state index >= 15 is 0 Å². The minimum atomic E-state index is -0.325. The molecule has 4 bridgehead atoms. The number of hydrogen-bond acceptors (Lipinski definition) is 5. The molecule has 5 rings (SSSR count). The number of nitrogens with zero attached hydrogens (tertiary/aromatic N) is 1. The number of methoxy groups -OCH3 is 1. The summed E-state index contributed by atoms with van der Waals surface area (Å²) < 4.78 is 16.6. The molecule has 4 aliphatic rings. The van der Waals surface area contributed by atoms with Gasteiger partial charge in [-0.2, -0.15) is 0 Å². The summed E-state index contributed by atoms with van der Waals surface area (Å²) in [4.78, 5) is 27.6. The van der Waals surface area contributed by atoms with E-state index in [0.29, 0.717) is 48.9 Å². The molecular weight excluding hydrogens is 394 g/mol. The Morgan fingerprint density at radius 2 is 1.68 bits per heavy atom. The zero-order valence-corrected chi connectivity index (χ0v) is 19.0. The second kappa shape index (κ2) is 9.09. The lowest BCUT2D eigenvalue weighted by atomic mass is 9.49. The maximum Gasteiger partial charge on any atom is 0.312 e. The molecule has 1 amide bonds. The number of likely N-dealkylation sites (N-methyl/N-ethyl adjacent to an activating group) is 1. The van der Waals surface area contributed by atoms with Crippen LogP contribution in [0.4, 0.5) is 0 Å². The van der Waals surface area contributed by atoms with Crippen LogP contribution in [0.1, 0.15) is 57.9 Å². The SMILES string of the molecule is CCOc1ccc(CN(CC)C(=O)COC(=O)C23CC4CC(CC(C4)C2)C3)cc1OC. The summed E-state index contributed by atoms with van der Waals surface area (Å²) in [5.74, 6) is 3.07. The zero-order chi connectivity index (χ0) is 22.0. The summed E-state index contributed by atoms with van der Waals surface area (Å²) in [5.41, 5.74) is 0.622. The smallest absolute Gasteiger partial charge is 0.312 e. The van der Waals surface area contributed by atoms with Gasteiger partial charge < -0.3 is 19.1 Å². The summed E-state index contributed by atoms with van der Waals surface area (Å²) in [7, 11) is 1.61. The van der Waals surface area contributed by atoms with Crippen LogP contribution in [0.3, 0.4) is 0 Å². The minimum Gasteiger partial charge on any atom is -0.493 e. The molecule has 4 aliphatic carbocycles. The van der Waals surface area contributed by atoms with E-state index in [1.807, 2.05) is 32.0 Å². The Morgan fingerprint density at radius 1 is 1.03 bits per heavy atom. The van der Waals surface area contributed by atoms with Crippen LogP contribution in [0, 0.1) is 23.2 Å². The first-order valence-electron chi connectivity index (χ1n) is 11.7. The monoisotopic (exact) mass is 429 g/mol.